The number of benzene rings is 7. The molecular formula is C52H35NO2S. The highest BCUT2D eigenvalue weighted by molar-refractivity contribution is 7.20. The quantitative estimate of drug-likeness (QED) is 0.138. The van der Waals surface area contributed by atoms with Crippen molar-refractivity contribution in [2.24, 2.45) is 0 Å². The third-order valence-electron chi connectivity index (χ3n) is 10.4. The molecule has 56 heavy (non-hydrogen) atoms. The van der Waals surface area contributed by atoms with Gasteiger partial charge in [-0.3, -0.25) is 0 Å². The lowest BCUT2D eigenvalue weighted by atomic mass is 9.98. The lowest BCUT2D eigenvalue weighted by molar-refractivity contribution is 0.603. The monoisotopic (exact) mass is 737 g/mol. The molecule has 0 N–H and O–H groups in total. The normalized spacial score (nSPS) is 12.3. The number of hydrogen-bond acceptors (Lipinski definition) is 4. The number of fused-ring (bicyclic) bond motifs is 7. The van der Waals surface area contributed by atoms with Crippen LogP contribution in [0.1, 0.15) is 21.8 Å². The van der Waals surface area contributed by atoms with Crippen LogP contribution in [-0.2, 0) is 0 Å². The molecule has 0 atom stereocenters. The van der Waals surface area contributed by atoms with Gasteiger partial charge in [0, 0.05) is 47.9 Å². The topological polar surface area (TPSA) is 29.5 Å². The summed E-state index contributed by atoms with van der Waals surface area (Å²) in [7, 11) is 0. The van der Waals surface area contributed by atoms with Gasteiger partial charge in [-0.05, 0) is 70.4 Å². The Bertz CT molecular complexity index is 3150. The number of allylic oxidation sites excluding steroid dienone is 4. The van der Waals surface area contributed by atoms with Crippen molar-refractivity contribution in [1.29, 1.82) is 0 Å². The molecule has 0 aliphatic rings. The second-order valence-electron chi connectivity index (χ2n) is 13.7. The van der Waals surface area contributed by atoms with Crippen LogP contribution in [0.25, 0.3) is 64.9 Å². The summed E-state index contributed by atoms with van der Waals surface area (Å²) >= 11 is 1.80. The Kier molecular flexibility index (Phi) is 8.32. The van der Waals surface area contributed by atoms with Crippen molar-refractivity contribution in [3.63, 3.8) is 0 Å². The Labute approximate surface area is 328 Å². The van der Waals surface area contributed by atoms with Gasteiger partial charge in [0.15, 0.2) is 5.58 Å². The zero-order valence-electron chi connectivity index (χ0n) is 30.5. The molecule has 3 aromatic heterocycles. The van der Waals surface area contributed by atoms with Gasteiger partial charge in [0.1, 0.15) is 16.9 Å². The minimum Gasteiger partial charge on any atom is -0.455 e. The number of nitrogens with zero attached hydrogens (tertiary/aromatic N) is 1. The molecule has 0 fully saturated rings. The predicted octanol–water partition coefficient (Wildman–Crippen LogP) is 15.4. The first-order valence-electron chi connectivity index (χ1n) is 18.6. The van der Waals surface area contributed by atoms with Crippen LogP contribution in [0.15, 0.2) is 210 Å². The summed E-state index contributed by atoms with van der Waals surface area (Å²) < 4.78 is 14.7. The molecule has 0 aliphatic carbocycles. The van der Waals surface area contributed by atoms with Gasteiger partial charge < -0.3 is 13.7 Å². The lowest BCUT2D eigenvalue weighted by Crippen LogP contribution is -2.12. The maximum absolute atomic E-state index is 6.77. The second-order valence-corrected chi connectivity index (χ2v) is 14.8. The predicted molar refractivity (Wildman–Crippen MR) is 238 cm³/mol. The minimum atomic E-state index is 0.767. The van der Waals surface area contributed by atoms with E-state index in [-0.39, 0.29) is 0 Å². The van der Waals surface area contributed by atoms with Crippen LogP contribution < -0.4 is 4.90 Å². The van der Waals surface area contributed by atoms with E-state index in [1.807, 2.05) is 30.4 Å². The SMILES string of the molecule is C=C/C=C(/c1ccc(N(c2ccccc2/C(=C/C=C)c2cc3ccc4ccccc4c3o2)c2cccc3c2oc2ccccc23)cc1)c1cc2ccccc2s1. The Morgan fingerprint density at radius 2 is 1.20 bits per heavy atom. The van der Waals surface area contributed by atoms with Crippen molar-refractivity contribution in [3.8, 4) is 0 Å². The van der Waals surface area contributed by atoms with Gasteiger partial charge in [0.2, 0.25) is 0 Å². The second kappa shape index (κ2) is 13.9. The first-order chi connectivity index (χ1) is 27.7. The summed E-state index contributed by atoms with van der Waals surface area (Å²) in [6.07, 6.45) is 7.84. The molecule has 3 nitrogen and oxygen atoms in total. The number of thiophene rings is 1. The third kappa shape index (κ3) is 5.67. The number of furan rings is 2. The number of para-hydroxylation sites is 3. The summed E-state index contributed by atoms with van der Waals surface area (Å²) in [4.78, 5) is 3.50. The first-order valence-corrected chi connectivity index (χ1v) is 19.5. The minimum absolute atomic E-state index is 0.767. The van der Waals surface area contributed by atoms with Gasteiger partial charge in [0.25, 0.3) is 0 Å². The Balaban J connectivity index is 1.17. The molecule has 0 bridgehead atoms. The fourth-order valence-corrected chi connectivity index (χ4v) is 8.99. The molecule has 266 valence electrons. The first kappa shape index (κ1) is 33.4. The Hall–Kier alpha value is -7.14. The molecule has 4 heteroatoms. The lowest BCUT2D eigenvalue weighted by Gasteiger charge is -2.28. The van der Waals surface area contributed by atoms with Crippen LogP contribution in [0.4, 0.5) is 17.1 Å². The van der Waals surface area contributed by atoms with Crippen LogP contribution in [0, 0.1) is 0 Å². The average Bonchev–Trinajstić information content (AvgIpc) is 3.99. The van der Waals surface area contributed by atoms with E-state index in [0.29, 0.717) is 0 Å². The van der Waals surface area contributed by atoms with Gasteiger partial charge in [-0.1, -0.05) is 153 Å². The Morgan fingerprint density at radius 1 is 0.518 bits per heavy atom. The highest BCUT2D eigenvalue weighted by atomic mass is 32.1. The zero-order valence-corrected chi connectivity index (χ0v) is 31.3. The fourth-order valence-electron chi connectivity index (χ4n) is 7.88. The summed E-state index contributed by atoms with van der Waals surface area (Å²) in [5, 5.41) is 6.65. The summed E-state index contributed by atoms with van der Waals surface area (Å²) in [5.41, 5.74) is 9.57. The molecule has 0 aliphatic heterocycles. The van der Waals surface area contributed by atoms with Gasteiger partial charge >= 0.3 is 0 Å². The summed E-state index contributed by atoms with van der Waals surface area (Å²) in [5.74, 6) is 0.767. The van der Waals surface area contributed by atoms with E-state index in [2.05, 4.69) is 176 Å². The Morgan fingerprint density at radius 3 is 2.04 bits per heavy atom. The van der Waals surface area contributed by atoms with E-state index < -0.39 is 0 Å². The largest absolute Gasteiger partial charge is 0.455 e. The molecule has 0 amide bonds. The van der Waals surface area contributed by atoms with E-state index >= 15 is 0 Å². The fraction of sp³-hybridized carbons (Fsp3) is 0. The molecule has 0 saturated carbocycles. The van der Waals surface area contributed by atoms with Crippen molar-refractivity contribution in [2.45, 2.75) is 0 Å². The van der Waals surface area contributed by atoms with E-state index in [1.165, 1.54) is 15.0 Å². The van der Waals surface area contributed by atoms with Gasteiger partial charge in [-0.2, -0.15) is 0 Å². The van der Waals surface area contributed by atoms with Gasteiger partial charge in [-0.25, -0.2) is 0 Å². The molecule has 10 aromatic rings. The molecular weight excluding hydrogens is 703 g/mol. The van der Waals surface area contributed by atoms with Crippen molar-refractivity contribution >= 4 is 93.3 Å². The van der Waals surface area contributed by atoms with Crippen LogP contribution in [0.3, 0.4) is 0 Å². The molecule has 0 saturated heterocycles. The molecule has 7 aromatic carbocycles. The molecule has 10 rings (SSSR count). The highest BCUT2D eigenvalue weighted by Crippen LogP contribution is 2.46. The smallest absolute Gasteiger partial charge is 0.159 e. The van der Waals surface area contributed by atoms with Crippen LogP contribution in [0.2, 0.25) is 0 Å². The van der Waals surface area contributed by atoms with E-state index in [4.69, 9.17) is 8.83 Å². The highest BCUT2D eigenvalue weighted by Gasteiger charge is 2.24. The van der Waals surface area contributed by atoms with E-state index in [0.717, 1.165) is 88.8 Å². The standard InChI is InChI=1S/C52H35NO2S/c1-3-14-39(50-33-36-17-6-12-25-49(36)56-50)35-28-30-38(31-29-35)53(46-23-13-21-44-43-20-9-11-24-47(43)54-52(44)46)45-22-10-8-19-41(45)42(15-4-2)48-32-37-27-26-34-16-5-7-18-40(34)51(37)55-48/h3-33H,1-2H2/b39-14-,42-15-. The third-order valence-corrected chi connectivity index (χ3v) is 11.6. The van der Waals surface area contributed by atoms with E-state index in [9.17, 15) is 0 Å². The number of anilines is 3. The maximum Gasteiger partial charge on any atom is 0.159 e. The van der Waals surface area contributed by atoms with Gasteiger partial charge in [-0.15, -0.1) is 11.3 Å². The van der Waals surface area contributed by atoms with Crippen molar-refractivity contribution in [2.75, 3.05) is 4.90 Å². The molecule has 0 unspecified atom stereocenters. The molecule has 3 heterocycles. The van der Waals surface area contributed by atoms with Crippen LogP contribution in [0.5, 0.6) is 0 Å². The zero-order chi connectivity index (χ0) is 37.6. The van der Waals surface area contributed by atoms with Crippen molar-refractivity contribution in [3.05, 3.63) is 223 Å². The summed E-state index contributed by atoms with van der Waals surface area (Å²) in [6.45, 7) is 8.20. The number of rotatable bonds is 9. The average molecular weight is 738 g/mol. The van der Waals surface area contributed by atoms with Crippen LogP contribution in [-0.4, -0.2) is 0 Å². The molecule has 0 radical (unpaired) electrons. The van der Waals surface area contributed by atoms with E-state index in [1.54, 1.807) is 11.3 Å². The molecule has 0 spiro atoms. The summed E-state index contributed by atoms with van der Waals surface area (Å²) in [6, 6.07) is 57.5. The maximum atomic E-state index is 6.77. The number of hydrogen-bond donors (Lipinski definition) is 0. The van der Waals surface area contributed by atoms with Crippen molar-refractivity contribution in [1.82, 2.24) is 0 Å². The van der Waals surface area contributed by atoms with Crippen LogP contribution >= 0.6 is 11.3 Å². The van der Waals surface area contributed by atoms with Gasteiger partial charge in [0.05, 0.1) is 11.4 Å². The van der Waals surface area contributed by atoms with Crippen molar-refractivity contribution < 1.29 is 8.83 Å².